The maximum Gasteiger partial charge on any atom is 0.250 e. The molecule has 122 valence electrons. The summed E-state index contributed by atoms with van der Waals surface area (Å²) in [6.07, 6.45) is 3.22. The Labute approximate surface area is 143 Å². The van der Waals surface area contributed by atoms with Gasteiger partial charge in [0.25, 0.3) is 5.91 Å². The average Bonchev–Trinajstić information content (AvgIpc) is 3.06. The van der Waals surface area contributed by atoms with Crippen molar-refractivity contribution in [3.63, 3.8) is 0 Å². The van der Waals surface area contributed by atoms with Crippen LogP contribution >= 0.6 is 0 Å². The van der Waals surface area contributed by atoms with Gasteiger partial charge < -0.3 is 11.1 Å². The van der Waals surface area contributed by atoms with Crippen LogP contribution in [-0.4, -0.2) is 28.7 Å². The molecule has 0 spiro atoms. The standard InChI is InChI=1S/C19H20N4O/c20-19(24)17-5-1-3-15-12-23(22-18(15)17)16-8-6-13(7-9-16)14-4-2-10-21-11-14/h1,3,5-9,12,14,21H,2,4,10-11H2,(H2,20,24)/i10D2. The molecule has 1 atom stereocenters. The topological polar surface area (TPSA) is 72.9 Å². The van der Waals surface area contributed by atoms with Gasteiger partial charge in [0.2, 0.25) is 0 Å². The van der Waals surface area contributed by atoms with Crippen molar-refractivity contribution in [3.8, 4) is 5.69 Å². The van der Waals surface area contributed by atoms with Gasteiger partial charge in [-0.05, 0) is 49.0 Å². The molecule has 0 aliphatic carbocycles. The molecule has 24 heavy (non-hydrogen) atoms. The predicted octanol–water partition coefficient (Wildman–Crippen LogP) is 2.59. The average molecular weight is 322 g/mol. The Bertz CT molecular complexity index is 955. The summed E-state index contributed by atoms with van der Waals surface area (Å²) in [6, 6.07) is 13.5. The van der Waals surface area contributed by atoms with Crippen LogP contribution in [0.2, 0.25) is 0 Å². The first-order valence-corrected chi connectivity index (χ1v) is 8.06. The molecule has 0 saturated carbocycles. The number of hydrogen-bond donors (Lipinski definition) is 2. The third kappa shape index (κ3) is 2.67. The quantitative estimate of drug-likeness (QED) is 0.778. The molecular formula is C19H20N4O. The van der Waals surface area contributed by atoms with E-state index in [2.05, 4.69) is 22.5 Å². The first kappa shape index (κ1) is 12.7. The summed E-state index contributed by atoms with van der Waals surface area (Å²) in [6.45, 7) is -0.621. The number of piperidine rings is 1. The zero-order chi connectivity index (χ0) is 18.3. The Hall–Kier alpha value is -2.66. The molecule has 4 rings (SSSR count). The van der Waals surface area contributed by atoms with Crippen molar-refractivity contribution < 1.29 is 7.54 Å². The zero-order valence-electron chi connectivity index (χ0n) is 15.2. The number of carbonyl (C=O) groups is 1. The third-order valence-electron chi connectivity index (χ3n) is 4.52. The van der Waals surface area contributed by atoms with E-state index in [-0.39, 0.29) is 0 Å². The van der Waals surface area contributed by atoms with E-state index in [1.807, 2.05) is 24.4 Å². The fourth-order valence-electron chi connectivity index (χ4n) is 3.19. The molecule has 5 heteroatoms. The summed E-state index contributed by atoms with van der Waals surface area (Å²) in [5, 5.41) is 8.34. The number of rotatable bonds is 3. The van der Waals surface area contributed by atoms with Crippen LogP contribution in [0.3, 0.4) is 0 Å². The summed E-state index contributed by atoms with van der Waals surface area (Å²) in [7, 11) is 0. The van der Waals surface area contributed by atoms with Crippen molar-refractivity contribution >= 4 is 16.8 Å². The Balaban J connectivity index is 1.60. The number of nitrogens with two attached hydrogens (primary N) is 1. The minimum Gasteiger partial charge on any atom is -0.366 e. The number of amides is 1. The number of hydrogen-bond acceptors (Lipinski definition) is 3. The van der Waals surface area contributed by atoms with Crippen LogP contribution < -0.4 is 11.1 Å². The molecule has 3 aromatic rings. The fraction of sp³-hybridized carbons (Fsp3) is 0.263. The minimum absolute atomic E-state index is 0.311. The SMILES string of the molecule is [2H]C1([2H])CCC(c2ccc(-n3cc4cccc(C(N)=O)c4n3)cc2)CN1. The van der Waals surface area contributed by atoms with E-state index in [9.17, 15) is 4.79 Å². The summed E-state index contributed by atoms with van der Waals surface area (Å²) in [5.74, 6) is -0.174. The smallest absolute Gasteiger partial charge is 0.250 e. The van der Waals surface area contributed by atoms with Crippen LogP contribution in [-0.2, 0) is 0 Å². The number of fused-ring (bicyclic) bond motifs is 1. The molecule has 0 radical (unpaired) electrons. The van der Waals surface area contributed by atoms with Gasteiger partial charge in [-0.15, -0.1) is 0 Å². The van der Waals surface area contributed by atoms with E-state index >= 15 is 0 Å². The Morgan fingerprint density at radius 1 is 1.29 bits per heavy atom. The molecule has 1 amide bonds. The van der Waals surface area contributed by atoms with Crippen LogP contribution in [0.15, 0.2) is 48.7 Å². The second-order valence-electron chi connectivity index (χ2n) is 6.07. The van der Waals surface area contributed by atoms with E-state index in [1.165, 1.54) is 5.56 Å². The minimum atomic E-state index is -1.26. The predicted molar refractivity (Wildman–Crippen MR) is 94.4 cm³/mol. The van der Waals surface area contributed by atoms with Crippen molar-refractivity contribution in [1.29, 1.82) is 0 Å². The Morgan fingerprint density at radius 2 is 2.12 bits per heavy atom. The molecule has 2 aromatic carbocycles. The highest BCUT2D eigenvalue weighted by molar-refractivity contribution is 6.04. The molecule has 1 aliphatic rings. The summed E-state index contributed by atoms with van der Waals surface area (Å²) >= 11 is 0. The van der Waals surface area contributed by atoms with Gasteiger partial charge >= 0.3 is 0 Å². The molecule has 2 heterocycles. The molecule has 1 saturated heterocycles. The highest BCUT2D eigenvalue weighted by Gasteiger charge is 2.15. The molecular weight excluding hydrogens is 300 g/mol. The molecule has 1 aliphatic heterocycles. The summed E-state index contributed by atoms with van der Waals surface area (Å²) in [4.78, 5) is 11.6. The number of nitrogens with one attached hydrogen (secondary N) is 1. The first-order chi connectivity index (χ1) is 12.4. The van der Waals surface area contributed by atoms with Gasteiger partial charge in [-0.3, -0.25) is 4.79 Å². The molecule has 1 unspecified atom stereocenters. The highest BCUT2D eigenvalue weighted by atomic mass is 16.1. The van der Waals surface area contributed by atoms with E-state index < -0.39 is 12.4 Å². The normalized spacial score (nSPS) is 21.2. The maximum atomic E-state index is 11.6. The first-order valence-electron chi connectivity index (χ1n) is 9.06. The lowest BCUT2D eigenvalue weighted by molar-refractivity contribution is 0.100. The van der Waals surface area contributed by atoms with E-state index in [4.69, 9.17) is 8.48 Å². The van der Waals surface area contributed by atoms with Gasteiger partial charge in [0.05, 0.1) is 11.3 Å². The number of aromatic nitrogens is 2. The van der Waals surface area contributed by atoms with Crippen LogP contribution in [0.1, 0.15) is 37.4 Å². The van der Waals surface area contributed by atoms with Gasteiger partial charge in [0.15, 0.2) is 0 Å². The molecule has 1 fully saturated rings. The summed E-state index contributed by atoms with van der Waals surface area (Å²) < 4.78 is 17.2. The number of primary amides is 1. The van der Waals surface area contributed by atoms with Crippen LogP contribution in [0, 0.1) is 0 Å². The monoisotopic (exact) mass is 322 g/mol. The Morgan fingerprint density at radius 3 is 2.83 bits per heavy atom. The number of nitrogens with zero attached hydrogens (tertiary/aromatic N) is 2. The van der Waals surface area contributed by atoms with E-state index in [1.54, 1.807) is 16.8 Å². The molecule has 0 bridgehead atoms. The maximum absolute atomic E-state index is 11.6. The lowest BCUT2D eigenvalue weighted by atomic mass is 9.92. The van der Waals surface area contributed by atoms with E-state index in [0.29, 0.717) is 30.0 Å². The molecule has 1 aromatic heterocycles. The van der Waals surface area contributed by atoms with E-state index in [0.717, 1.165) is 17.5 Å². The largest absolute Gasteiger partial charge is 0.366 e. The third-order valence-corrected chi connectivity index (χ3v) is 4.52. The van der Waals surface area contributed by atoms with Gasteiger partial charge in [-0.2, -0.15) is 5.10 Å². The fourth-order valence-corrected chi connectivity index (χ4v) is 3.19. The van der Waals surface area contributed by atoms with Crippen LogP contribution in [0.5, 0.6) is 0 Å². The van der Waals surface area contributed by atoms with Gasteiger partial charge in [-0.1, -0.05) is 24.3 Å². The number of carbonyl (C=O) groups excluding carboxylic acids is 1. The van der Waals surface area contributed by atoms with Gasteiger partial charge in [0, 0.05) is 20.9 Å². The highest BCUT2D eigenvalue weighted by Crippen LogP contribution is 2.25. The second kappa shape index (κ2) is 6.09. The number of benzene rings is 2. The molecule has 5 nitrogen and oxygen atoms in total. The van der Waals surface area contributed by atoms with Crippen LogP contribution in [0.4, 0.5) is 0 Å². The lowest BCUT2D eigenvalue weighted by Gasteiger charge is -2.23. The van der Waals surface area contributed by atoms with Crippen molar-refractivity contribution in [2.45, 2.75) is 18.8 Å². The van der Waals surface area contributed by atoms with Crippen molar-refractivity contribution in [1.82, 2.24) is 15.1 Å². The van der Waals surface area contributed by atoms with Crippen molar-refractivity contribution in [2.75, 3.05) is 13.0 Å². The molecule has 3 N–H and O–H groups in total. The summed E-state index contributed by atoms with van der Waals surface area (Å²) in [5.41, 5.74) is 8.53. The Kier molecular flexibility index (Phi) is 3.23. The van der Waals surface area contributed by atoms with Gasteiger partial charge in [-0.25, -0.2) is 4.68 Å². The van der Waals surface area contributed by atoms with Crippen molar-refractivity contribution in [3.05, 3.63) is 59.8 Å². The lowest BCUT2D eigenvalue weighted by Crippen LogP contribution is -2.28. The van der Waals surface area contributed by atoms with Crippen molar-refractivity contribution in [2.24, 2.45) is 5.73 Å². The second-order valence-corrected chi connectivity index (χ2v) is 6.07. The van der Waals surface area contributed by atoms with Crippen LogP contribution in [0.25, 0.3) is 16.6 Å². The zero-order valence-corrected chi connectivity index (χ0v) is 13.2. The van der Waals surface area contributed by atoms with Gasteiger partial charge in [0.1, 0.15) is 5.52 Å².